The van der Waals surface area contributed by atoms with Gasteiger partial charge in [0, 0.05) is 11.1 Å². The van der Waals surface area contributed by atoms with Gasteiger partial charge in [0.05, 0.1) is 13.7 Å². The lowest BCUT2D eigenvalue weighted by Crippen LogP contribution is -1.99. The second-order valence-electron chi connectivity index (χ2n) is 3.97. The predicted octanol–water partition coefficient (Wildman–Crippen LogP) is 3.23. The maximum Gasteiger partial charge on any atom is 0.253 e. The van der Waals surface area contributed by atoms with Crippen LogP contribution in [0, 0.1) is 0 Å². The lowest BCUT2D eigenvalue weighted by atomic mass is 9.95. The quantitative estimate of drug-likeness (QED) is 0.872. The third-order valence-corrected chi connectivity index (χ3v) is 3.12. The summed E-state index contributed by atoms with van der Waals surface area (Å²) in [6.45, 7) is -0.121. The van der Waals surface area contributed by atoms with Crippen LogP contribution in [0.2, 0.25) is 0 Å². The smallest absolute Gasteiger partial charge is 0.253 e. The van der Waals surface area contributed by atoms with Crippen LogP contribution in [0.3, 0.4) is 0 Å². The van der Waals surface area contributed by atoms with Crippen LogP contribution in [0.4, 0.5) is 0 Å². The van der Waals surface area contributed by atoms with E-state index in [0.717, 1.165) is 5.56 Å². The third kappa shape index (κ3) is 2.62. The fourth-order valence-corrected chi connectivity index (χ4v) is 2.20. The molecule has 1 N–H and O–H groups in total. The molecule has 3 nitrogen and oxygen atoms in total. The zero-order valence-electron chi connectivity index (χ0n) is 10.4. The highest BCUT2D eigenvalue weighted by atomic mass is 35.5. The Balaban J connectivity index is 2.76. The molecule has 0 unspecified atom stereocenters. The molecule has 0 heterocycles. The van der Waals surface area contributed by atoms with Crippen molar-refractivity contribution in [3.8, 4) is 16.9 Å². The highest BCUT2D eigenvalue weighted by Crippen LogP contribution is 2.36. The van der Waals surface area contributed by atoms with Gasteiger partial charge in [0.2, 0.25) is 0 Å². The average Bonchev–Trinajstić information content (AvgIpc) is 2.46. The number of halogens is 1. The molecule has 2 rings (SSSR count). The SMILES string of the molecule is COc1cccc(C(=O)Cl)c1-c1ccccc1CO. The molecular formula is C15H13ClO3. The molecule has 0 saturated carbocycles. The van der Waals surface area contributed by atoms with Crippen LogP contribution in [0.1, 0.15) is 15.9 Å². The Bertz CT molecular complexity index is 608. The molecule has 98 valence electrons. The van der Waals surface area contributed by atoms with E-state index in [1.165, 1.54) is 7.11 Å². The van der Waals surface area contributed by atoms with E-state index in [9.17, 15) is 9.90 Å². The van der Waals surface area contributed by atoms with Gasteiger partial charge in [-0.25, -0.2) is 0 Å². The Kier molecular flexibility index (Phi) is 4.20. The van der Waals surface area contributed by atoms with Gasteiger partial charge in [0.25, 0.3) is 5.24 Å². The molecule has 0 bridgehead atoms. The monoisotopic (exact) mass is 276 g/mol. The normalized spacial score (nSPS) is 10.3. The maximum atomic E-state index is 11.6. The first-order valence-corrected chi connectivity index (χ1v) is 6.12. The minimum Gasteiger partial charge on any atom is -0.496 e. The van der Waals surface area contributed by atoms with Crippen LogP contribution in [0.25, 0.3) is 11.1 Å². The number of ether oxygens (including phenoxy) is 1. The van der Waals surface area contributed by atoms with Crippen molar-refractivity contribution in [3.05, 3.63) is 53.6 Å². The van der Waals surface area contributed by atoms with Gasteiger partial charge in [-0.1, -0.05) is 30.3 Å². The molecule has 0 atom stereocenters. The summed E-state index contributed by atoms with van der Waals surface area (Å²) in [4.78, 5) is 11.6. The first kappa shape index (κ1) is 13.6. The zero-order valence-corrected chi connectivity index (χ0v) is 11.1. The van der Waals surface area contributed by atoms with Crippen molar-refractivity contribution < 1.29 is 14.6 Å². The number of methoxy groups -OCH3 is 1. The van der Waals surface area contributed by atoms with E-state index in [0.29, 0.717) is 22.4 Å². The molecule has 0 aliphatic rings. The Morgan fingerprint density at radius 1 is 1.21 bits per heavy atom. The highest BCUT2D eigenvalue weighted by molar-refractivity contribution is 6.68. The molecule has 0 aromatic heterocycles. The Morgan fingerprint density at radius 3 is 2.58 bits per heavy atom. The van der Waals surface area contributed by atoms with E-state index < -0.39 is 5.24 Å². The van der Waals surface area contributed by atoms with Crippen molar-refractivity contribution in [2.24, 2.45) is 0 Å². The van der Waals surface area contributed by atoms with Crippen molar-refractivity contribution in [1.29, 1.82) is 0 Å². The lowest BCUT2D eigenvalue weighted by Gasteiger charge is -2.14. The standard InChI is InChI=1S/C15H13ClO3/c1-19-13-8-4-7-12(15(16)18)14(13)11-6-3-2-5-10(11)9-17/h2-8,17H,9H2,1H3. The Hall–Kier alpha value is -1.84. The number of hydrogen-bond acceptors (Lipinski definition) is 3. The van der Waals surface area contributed by atoms with E-state index in [4.69, 9.17) is 16.3 Å². The van der Waals surface area contributed by atoms with E-state index in [-0.39, 0.29) is 6.61 Å². The summed E-state index contributed by atoms with van der Waals surface area (Å²) in [5.41, 5.74) is 2.43. The van der Waals surface area contributed by atoms with E-state index in [1.54, 1.807) is 24.3 Å². The average molecular weight is 277 g/mol. The summed E-state index contributed by atoms with van der Waals surface area (Å²) in [6.07, 6.45) is 0. The minimum absolute atomic E-state index is 0.121. The van der Waals surface area contributed by atoms with Gasteiger partial charge in [0.15, 0.2) is 0 Å². The van der Waals surface area contributed by atoms with Crippen LogP contribution in [0.15, 0.2) is 42.5 Å². The molecule has 0 aliphatic heterocycles. The molecule has 0 amide bonds. The van der Waals surface area contributed by atoms with E-state index in [2.05, 4.69) is 0 Å². The number of rotatable bonds is 4. The molecule has 0 fully saturated rings. The van der Waals surface area contributed by atoms with Gasteiger partial charge >= 0.3 is 0 Å². The van der Waals surface area contributed by atoms with Crippen molar-refractivity contribution in [2.75, 3.05) is 7.11 Å². The fraction of sp³-hybridized carbons (Fsp3) is 0.133. The maximum absolute atomic E-state index is 11.6. The number of carbonyl (C=O) groups is 1. The first-order chi connectivity index (χ1) is 9.19. The summed E-state index contributed by atoms with van der Waals surface area (Å²) < 4.78 is 5.30. The summed E-state index contributed by atoms with van der Waals surface area (Å²) in [5, 5.41) is 8.86. The second kappa shape index (κ2) is 5.87. The molecule has 4 heteroatoms. The molecule has 0 spiro atoms. The van der Waals surface area contributed by atoms with Crippen LogP contribution in [0.5, 0.6) is 5.75 Å². The Labute approximate surface area is 116 Å². The molecule has 19 heavy (non-hydrogen) atoms. The van der Waals surface area contributed by atoms with Gasteiger partial charge in [-0.2, -0.15) is 0 Å². The van der Waals surface area contributed by atoms with Crippen molar-refractivity contribution in [3.63, 3.8) is 0 Å². The fourth-order valence-electron chi connectivity index (χ4n) is 2.04. The summed E-state index contributed by atoms with van der Waals surface area (Å²) >= 11 is 5.63. The molecule has 2 aromatic rings. The second-order valence-corrected chi connectivity index (χ2v) is 4.32. The first-order valence-electron chi connectivity index (χ1n) is 5.75. The summed E-state index contributed by atoms with van der Waals surface area (Å²) in [6, 6.07) is 12.4. The minimum atomic E-state index is -0.554. The topological polar surface area (TPSA) is 46.5 Å². The number of carbonyl (C=O) groups excluding carboxylic acids is 1. The highest BCUT2D eigenvalue weighted by Gasteiger charge is 2.17. The van der Waals surface area contributed by atoms with Gasteiger partial charge < -0.3 is 9.84 Å². The molecule has 0 saturated heterocycles. The summed E-state index contributed by atoms with van der Waals surface area (Å²) in [7, 11) is 1.53. The van der Waals surface area contributed by atoms with Gasteiger partial charge in [-0.3, -0.25) is 4.79 Å². The number of aliphatic hydroxyl groups is 1. The predicted molar refractivity (Wildman–Crippen MR) is 74.5 cm³/mol. The zero-order chi connectivity index (χ0) is 13.8. The number of benzene rings is 2. The third-order valence-electron chi connectivity index (χ3n) is 2.91. The van der Waals surface area contributed by atoms with Crippen LogP contribution < -0.4 is 4.74 Å². The van der Waals surface area contributed by atoms with Crippen LogP contribution in [-0.2, 0) is 6.61 Å². The molecular weight excluding hydrogens is 264 g/mol. The van der Waals surface area contributed by atoms with Crippen molar-refractivity contribution in [2.45, 2.75) is 6.61 Å². The molecule has 0 aliphatic carbocycles. The molecule has 0 radical (unpaired) electrons. The lowest BCUT2D eigenvalue weighted by molar-refractivity contribution is 0.108. The van der Waals surface area contributed by atoms with Gasteiger partial charge in [0.1, 0.15) is 5.75 Å². The number of hydrogen-bond donors (Lipinski definition) is 1. The van der Waals surface area contributed by atoms with Crippen molar-refractivity contribution in [1.82, 2.24) is 0 Å². The van der Waals surface area contributed by atoms with Crippen LogP contribution >= 0.6 is 11.6 Å². The summed E-state index contributed by atoms with van der Waals surface area (Å²) in [5.74, 6) is 0.549. The van der Waals surface area contributed by atoms with Gasteiger partial charge in [-0.15, -0.1) is 0 Å². The largest absolute Gasteiger partial charge is 0.496 e. The Morgan fingerprint density at radius 2 is 1.95 bits per heavy atom. The number of aliphatic hydroxyl groups excluding tert-OH is 1. The van der Waals surface area contributed by atoms with E-state index in [1.807, 2.05) is 18.2 Å². The van der Waals surface area contributed by atoms with Crippen molar-refractivity contribution >= 4 is 16.8 Å². The van der Waals surface area contributed by atoms with Crippen LogP contribution in [-0.4, -0.2) is 17.5 Å². The molecule has 2 aromatic carbocycles. The van der Waals surface area contributed by atoms with E-state index >= 15 is 0 Å². The van der Waals surface area contributed by atoms with Gasteiger partial charge in [-0.05, 0) is 34.9 Å².